The number of aromatic amines is 1. The Hall–Kier alpha value is -2.00. The molecule has 0 spiro atoms. The van der Waals surface area contributed by atoms with Crippen LogP contribution in [-0.4, -0.2) is 9.97 Å². The first-order valence-electron chi connectivity index (χ1n) is 6.19. The monoisotopic (exact) mass is 266 g/mol. The van der Waals surface area contributed by atoms with Gasteiger partial charge in [-0.25, -0.2) is 4.98 Å². The molecule has 0 radical (unpaired) electrons. The van der Waals surface area contributed by atoms with Crippen molar-refractivity contribution in [2.75, 3.05) is 0 Å². The van der Waals surface area contributed by atoms with Gasteiger partial charge in [-0.05, 0) is 5.56 Å². The molecule has 0 atom stereocenters. The molecule has 19 heavy (non-hydrogen) atoms. The van der Waals surface area contributed by atoms with Gasteiger partial charge in [-0.15, -0.1) is 0 Å². The van der Waals surface area contributed by atoms with E-state index in [1.54, 1.807) is 11.8 Å². The Morgan fingerprint density at radius 2 is 1.58 bits per heavy atom. The van der Waals surface area contributed by atoms with Gasteiger partial charge in [-0.3, -0.25) is 0 Å². The first-order valence-corrected chi connectivity index (χ1v) is 7.18. The third-order valence-corrected chi connectivity index (χ3v) is 3.80. The Bertz CT molecular complexity index is 632. The van der Waals surface area contributed by atoms with Crippen molar-refractivity contribution in [1.29, 1.82) is 0 Å². The number of hydrogen-bond acceptors (Lipinski definition) is 2. The van der Waals surface area contributed by atoms with Gasteiger partial charge in [0.1, 0.15) is 0 Å². The van der Waals surface area contributed by atoms with E-state index in [9.17, 15) is 0 Å². The number of nitrogens with one attached hydrogen (secondary N) is 1. The molecule has 0 bridgehead atoms. The molecule has 3 rings (SSSR count). The molecule has 0 saturated heterocycles. The Labute approximate surface area is 116 Å². The maximum Gasteiger partial charge on any atom is 0.166 e. The van der Waals surface area contributed by atoms with Crippen LogP contribution in [0.25, 0.3) is 11.3 Å². The number of imidazole rings is 1. The molecule has 0 saturated carbocycles. The summed E-state index contributed by atoms with van der Waals surface area (Å²) in [5, 5.41) is 0.961. The van der Waals surface area contributed by atoms with Crippen molar-refractivity contribution < 1.29 is 0 Å². The quantitative estimate of drug-likeness (QED) is 0.710. The van der Waals surface area contributed by atoms with Crippen molar-refractivity contribution in [2.45, 2.75) is 10.9 Å². The molecule has 0 fully saturated rings. The molecule has 0 aliphatic rings. The average Bonchev–Trinajstić information content (AvgIpc) is 2.96. The lowest BCUT2D eigenvalue weighted by atomic mass is 10.2. The van der Waals surface area contributed by atoms with Crippen LogP contribution in [0.3, 0.4) is 0 Å². The lowest BCUT2D eigenvalue weighted by Gasteiger charge is -1.98. The fraction of sp³-hybridized carbons (Fsp3) is 0.0625. The van der Waals surface area contributed by atoms with Crippen molar-refractivity contribution >= 4 is 11.8 Å². The molecule has 0 unspecified atom stereocenters. The Balaban J connectivity index is 1.69. The van der Waals surface area contributed by atoms with E-state index in [2.05, 4.69) is 46.4 Å². The van der Waals surface area contributed by atoms with Gasteiger partial charge in [-0.2, -0.15) is 0 Å². The predicted octanol–water partition coefficient (Wildman–Crippen LogP) is 4.37. The number of benzene rings is 2. The fourth-order valence-corrected chi connectivity index (χ4v) is 2.66. The molecule has 1 heterocycles. The number of rotatable bonds is 4. The standard InChI is InChI=1S/C16H14N2S/c1-3-7-13(8-4-1)12-19-16-17-11-15(18-16)14-9-5-2-6-10-14/h1-11H,12H2,(H,17,18). The van der Waals surface area contributed by atoms with Gasteiger partial charge in [0.25, 0.3) is 0 Å². The first-order chi connectivity index (χ1) is 9.42. The second kappa shape index (κ2) is 5.76. The highest BCUT2D eigenvalue weighted by atomic mass is 32.2. The molecule has 1 N–H and O–H groups in total. The van der Waals surface area contributed by atoms with E-state index in [1.165, 1.54) is 5.56 Å². The van der Waals surface area contributed by atoms with E-state index in [-0.39, 0.29) is 0 Å². The first kappa shape index (κ1) is 12.1. The molecule has 0 aliphatic carbocycles. The van der Waals surface area contributed by atoms with Crippen molar-refractivity contribution in [3.8, 4) is 11.3 Å². The van der Waals surface area contributed by atoms with Crippen molar-refractivity contribution in [3.63, 3.8) is 0 Å². The zero-order chi connectivity index (χ0) is 12.9. The SMILES string of the molecule is c1ccc(CSc2nc(-c3ccccc3)c[nH]2)cc1. The summed E-state index contributed by atoms with van der Waals surface area (Å²) in [6, 6.07) is 20.6. The summed E-state index contributed by atoms with van der Waals surface area (Å²) in [6.45, 7) is 0. The second-order valence-electron chi connectivity index (χ2n) is 4.23. The zero-order valence-corrected chi connectivity index (χ0v) is 11.2. The molecule has 0 aliphatic heterocycles. The molecule has 2 aromatic carbocycles. The van der Waals surface area contributed by atoms with Crippen LogP contribution in [0.4, 0.5) is 0 Å². The van der Waals surface area contributed by atoms with E-state index in [0.717, 1.165) is 22.2 Å². The second-order valence-corrected chi connectivity index (χ2v) is 5.20. The normalized spacial score (nSPS) is 10.5. The molecule has 2 nitrogen and oxygen atoms in total. The molecular weight excluding hydrogens is 252 g/mol. The molecule has 3 aromatic rings. The van der Waals surface area contributed by atoms with E-state index < -0.39 is 0 Å². The summed E-state index contributed by atoms with van der Waals surface area (Å²) < 4.78 is 0. The van der Waals surface area contributed by atoms with Gasteiger partial charge < -0.3 is 4.98 Å². The predicted molar refractivity (Wildman–Crippen MR) is 80.0 cm³/mol. The highest BCUT2D eigenvalue weighted by Crippen LogP contribution is 2.23. The van der Waals surface area contributed by atoms with Crippen LogP contribution in [0.5, 0.6) is 0 Å². The fourth-order valence-electron chi connectivity index (χ4n) is 1.86. The lowest BCUT2D eigenvalue weighted by molar-refractivity contribution is 1.06. The third kappa shape index (κ3) is 3.06. The van der Waals surface area contributed by atoms with Gasteiger partial charge in [0.05, 0.1) is 5.69 Å². The Morgan fingerprint density at radius 3 is 2.32 bits per heavy atom. The summed E-state index contributed by atoms with van der Waals surface area (Å²) in [4.78, 5) is 7.83. The van der Waals surface area contributed by atoms with Gasteiger partial charge in [0.15, 0.2) is 5.16 Å². The molecule has 94 valence electrons. The van der Waals surface area contributed by atoms with Crippen molar-refractivity contribution in [2.24, 2.45) is 0 Å². The number of aromatic nitrogens is 2. The van der Waals surface area contributed by atoms with Crippen LogP contribution in [0.2, 0.25) is 0 Å². The maximum absolute atomic E-state index is 4.60. The Morgan fingerprint density at radius 1 is 0.895 bits per heavy atom. The minimum absolute atomic E-state index is 0.933. The largest absolute Gasteiger partial charge is 0.339 e. The number of nitrogens with zero attached hydrogens (tertiary/aromatic N) is 1. The zero-order valence-electron chi connectivity index (χ0n) is 10.4. The molecule has 0 amide bonds. The maximum atomic E-state index is 4.60. The van der Waals surface area contributed by atoms with E-state index in [4.69, 9.17) is 0 Å². The summed E-state index contributed by atoms with van der Waals surface area (Å²) in [5.74, 6) is 0.933. The molecule has 1 aromatic heterocycles. The number of thioether (sulfide) groups is 1. The van der Waals surface area contributed by atoms with Gasteiger partial charge >= 0.3 is 0 Å². The average molecular weight is 266 g/mol. The van der Waals surface area contributed by atoms with Crippen LogP contribution in [0.1, 0.15) is 5.56 Å². The summed E-state index contributed by atoms with van der Waals surface area (Å²) in [7, 11) is 0. The van der Waals surface area contributed by atoms with Gasteiger partial charge in [-0.1, -0.05) is 72.4 Å². The van der Waals surface area contributed by atoms with Crippen molar-refractivity contribution in [3.05, 3.63) is 72.4 Å². The van der Waals surface area contributed by atoms with E-state index in [0.29, 0.717) is 0 Å². The minimum atomic E-state index is 0.933. The smallest absolute Gasteiger partial charge is 0.166 e. The highest BCUT2D eigenvalue weighted by molar-refractivity contribution is 7.98. The molecule has 3 heteroatoms. The van der Waals surface area contributed by atoms with Crippen LogP contribution in [0, 0.1) is 0 Å². The van der Waals surface area contributed by atoms with Crippen LogP contribution in [-0.2, 0) is 5.75 Å². The van der Waals surface area contributed by atoms with E-state index >= 15 is 0 Å². The number of H-pyrrole nitrogens is 1. The summed E-state index contributed by atoms with van der Waals surface area (Å²) in [5.41, 5.74) is 3.45. The van der Waals surface area contributed by atoms with Crippen LogP contribution >= 0.6 is 11.8 Å². The number of hydrogen-bond donors (Lipinski definition) is 1. The summed E-state index contributed by atoms with van der Waals surface area (Å²) in [6.07, 6.45) is 1.96. The van der Waals surface area contributed by atoms with Crippen LogP contribution in [0.15, 0.2) is 72.0 Å². The third-order valence-electron chi connectivity index (χ3n) is 2.84. The van der Waals surface area contributed by atoms with Crippen LogP contribution < -0.4 is 0 Å². The highest BCUT2D eigenvalue weighted by Gasteiger charge is 2.04. The van der Waals surface area contributed by atoms with Gasteiger partial charge in [0.2, 0.25) is 0 Å². The van der Waals surface area contributed by atoms with E-state index in [1.807, 2.05) is 30.5 Å². The van der Waals surface area contributed by atoms with Gasteiger partial charge in [0, 0.05) is 17.5 Å². The van der Waals surface area contributed by atoms with Crippen molar-refractivity contribution in [1.82, 2.24) is 9.97 Å². The Kier molecular flexibility index (Phi) is 3.65. The summed E-state index contributed by atoms with van der Waals surface area (Å²) >= 11 is 1.72. The molecular formula is C16H14N2S. The minimum Gasteiger partial charge on any atom is -0.339 e. The lowest BCUT2D eigenvalue weighted by Crippen LogP contribution is -1.81. The topological polar surface area (TPSA) is 28.7 Å².